The van der Waals surface area contributed by atoms with Crippen LogP contribution in [0.1, 0.15) is 70.6 Å². The molecule has 26 heavy (non-hydrogen) atoms. The summed E-state index contributed by atoms with van der Waals surface area (Å²) in [6.07, 6.45) is 14.5. The van der Waals surface area contributed by atoms with Crippen LogP contribution in [0.25, 0.3) is 0 Å². The molecule has 0 aromatic heterocycles. The zero-order chi connectivity index (χ0) is 17.6. The molecule has 0 heterocycles. The van der Waals surface area contributed by atoms with Crippen LogP contribution in [0.2, 0.25) is 0 Å². The van der Waals surface area contributed by atoms with E-state index in [-0.39, 0.29) is 24.0 Å². The maximum Gasteiger partial charge on any atom is 0.190 e. The van der Waals surface area contributed by atoms with Gasteiger partial charge in [-0.3, -0.25) is 4.99 Å². The average molecular weight is 481 g/mol. The Kier molecular flexibility index (Phi) is 14.7. The van der Waals surface area contributed by atoms with Gasteiger partial charge in [0.05, 0.1) is 6.10 Å². The Bertz CT molecular complexity index is 357. The molecule has 0 atom stereocenters. The molecule has 154 valence electrons. The number of nitrogens with zero attached hydrogens (tertiary/aromatic N) is 1. The number of ether oxygens (including phenoxy) is 2. The summed E-state index contributed by atoms with van der Waals surface area (Å²) in [6, 6.07) is 0. The summed E-state index contributed by atoms with van der Waals surface area (Å²) in [5.41, 5.74) is 0. The Labute approximate surface area is 177 Å². The second-order valence-corrected chi connectivity index (χ2v) is 7.49. The summed E-state index contributed by atoms with van der Waals surface area (Å²) in [6.45, 7) is 4.56. The van der Waals surface area contributed by atoms with Crippen molar-refractivity contribution < 1.29 is 9.47 Å². The SMILES string of the molecule is CN=C(NCCCCOC1CCCCCC1)NCCCOCC1CC1.I. The van der Waals surface area contributed by atoms with E-state index in [0.29, 0.717) is 6.10 Å². The van der Waals surface area contributed by atoms with Crippen molar-refractivity contribution in [3.8, 4) is 0 Å². The minimum Gasteiger partial charge on any atom is -0.381 e. The first-order chi connectivity index (χ1) is 12.4. The first-order valence-corrected chi connectivity index (χ1v) is 10.5. The normalized spacial score (nSPS) is 18.9. The Hall–Kier alpha value is -0.0800. The molecule has 0 radical (unpaired) electrons. The highest BCUT2D eigenvalue weighted by Crippen LogP contribution is 2.28. The molecule has 2 N–H and O–H groups in total. The Balaban J connectivity index is 0.00000338. The van der Waals surface area contributed by atoms with Crippen LogP contribution in [-0.4, -0.2) is 52.0 Å². The van der Waals surface area contributed by atoms with Crippen molar-refractivity contribution >= 4 is 29.9 Å². The molecule has 2 aliphatic rings. The lowest BCUT2D eigenvalue weighted by Crippen LogP contribution is -2.38. The van der Waals surface area contributed by atoms with Crippen molar-refractivity contribution in [2.75, 3.05) is 40.0 Å². The van der Waals surface area contributed by atoms with Crippen molar-refractivity contribution in [2.45, 2.75) is 76.7 Å². The minimum absolute atomic E-state index is 0. The largest absolute Gasteiger partial charge is 0.381 e. The topological polar surface area (TPSA) is 54.9 Å². The van der Waals surface area contributed by atoms with Crippen LogP contribution in [0.4, 0.5) is 0 Å². The number of hydrogen-bond acceptors (Lipinski definition) is 3. The molecule has 0 amide bonds. The van der Waals surface area contributed by atoms with E-state index in [2.05, 4.69) is 15.6 Å². The molecule has 2 saturated carbocycles. The Morgan fingerprint density at radius 2 is 1.58 bits per heavy atom. The fraction of sp³-hybridized carbons (Fsp3) is 0.950. The maximum absolute atomic E-state index is 6.03. The van der Waals surface area contributed by atoms with E-state index in [1.54, 1.807) is 0 Å². The van der Waals surface area contributed by atoms with Gasteiger partial charge in [-0.2, -0.15) is 0 Å². The van der Waals surface area contributed by atoms with Crippen LogP contribution in [0.5, 0.6) is 0 Å². The van der Waals surface area contributed by atoms with E-state index in [1.807, 2.05) is 7.05 Å². The number of aliphatic imine (C=N–C) groups is 1. The molecular weight excluding hydrogens is 441 g/mol. The third-order valence-electron chi connectivity index (χ3n) is 5.05. The van der Waals surface area contributed by atoms with Gasteiger partial charge in [-0.05, 0) is 50.9 Å². The summed E-state index contributed by atoms with van der Waals surface area (Å²) >= 11 is 0. The molecule has 2 fully saturated rings. The van der Waals surface area contributed by atoms with Crippen molar-refractivity contribution in [3.05, 3.63) is 0 Å². The molecule has 0 saturated heterocycles. The fourth-order valence-electron chi connectivity index (χ4n) is 3.23. The van der Waals surface area contributed by atoms with E-state index in [4.69, 9.17) is 9.47 Å². The molecule has 6 heteroatoms. The summed E-state index contributed by atoms with van der Waals surface area (Å²) < 4.78 is 11.7. The van der Waals surface area contributed by atoms with Crippen LogP contribution in [0.3, 0.4) is 0 Å². The van der Waals surface area contributed by atoms with Crippen molar-refractivity contribution in [1.82, 2.24) is 10.6 Å². The van der Waals surface area contributed by atoms with Gasteiger partial charge in [-0.25, -0.2) is 0 Å². The summed E-state index contributed by atoms with van der Waals surface area (Å²) in [5, 5.41) is 6.73. The van der Waals surface area contributed by atoms with Gasteiger partial charge in [0.15, 0.2) is 5.96 Å². The van der Waals surface area contributed by atoms with Gasteiger partial charge in [0.25, 0.3) is 0 Å². The lowest BCUT2D eigenvalue weighted by molar-refractivity contribution is 0.0411. The third-order valence-corrected chi connectivity index (χ3v) is 5.05. The molecule has 0 unspecified atom stereocenters. The predicted molar refractivity (Wildman–Crippen MR) is 120 cm³/mol. The van der Waals surface area contributed by atoms with Crippen LogP contribution in [-0.2, 0) is 9.47 Å². The Morgan fingerprint density at radius 3 is 2.23 bits per heavy atom. The molecule has 2 rings (SSSR count). The number of halogens is 1. The van der Waals surface area contributed by atoms with E-state index in [9.17, 15) is 0 Å². The van der Waals surface area contributed by atoms with Gasteiger partial charge in [-0.15, -0.1) is 24.0 Å². The number of rotatable bonds is 12. The summed E-state index contributed by atoms with van der Waals surface area (Å²) in [5.74, 6) is 1.75. The third kappa shape index (κ3) is 12.3. The summed E-state index contributed by atoms with van der Waals surface area (Å²) in [4.78, 5) is 4.27. The number of guanidine groups is 1. The smallest absolute Gasteiger partial charge is 0.190 e. The van der Waals surface area contributed by atoms with Gasteiger partial charge < -0.3 is 20.1 Å². The molecule has 0 aromatic carbocycles. The van der Waals surface area contributed by atoms with Crippen molar-refractivity contribution in [3.63, 3.8) is 0 Å². The quantitative estimate of drug-likeness (QED) is 0.145. The average Bonchev–Trinajstić information content (AvgIpc) is 3.46. The highest BCUT2D eigenvalue weighted by Gasteiger charge is 2.20. The van der Waals surface area contributed by atoms with E-state index in [0.717, 1.165) is 64.1 Å². The van der Waals surface area contributed by atoms with Crippen molar-refractivity contribution in [2.24, 2.45) is 10.9 Å². The number of unbranched alkanes of at least 4 members (excludes halogenated alkanes) is 1. The van der Waals surface area contributed by atoms with Crippen LogP contribution < -0.4 is 10.6 Å². The van der Waals surface area contributed by atoms with Gasteiger partial charge >= 0.3 is 0 Å². The monoisotopic (exact) mass is 481 g/mol. The minimum atomic E-state index is 0. The zero-order valence-electron chi connectivity index (χ0n) is 16.6. The highest BCUT2D eigenvalue weighted by molar-refractivity contribution is 14.0. The van der Waals surface area contributed by atoms with Crippen LogP contribution >= 0.6 is 24.0 Å². The molecule has 2 aliphatic carbocycles. The molecular formula is C20H40IN3O2. The molecule has 0 aliphatic heterocycles. The predicted octanol–water partition coefficient (Wildman–Crippen LogP) is 4.11. The lowest BCUT2D eigenvalue weighted by atomic mass is 10.1. The zero-order valence-corrected chi connectivity index (χ0v) is 19.0. The van der Waals surface area contributed by atoms with Gasteiger partial charge in [0, 0.05) is 40.0 Å². The maximum atomic E-state index is 6.03. The molecule has 0 spiro atoms. The summed E-state index contributed by atoms with van der Waals surface area (Å²) in [7, 11) is 1.83. The van der Waals surface area contributed by atoms with E-state index >= 15 is 0 Å². The van der Waals surface area contributed by atoms with Gasteiger partial charge in [-0.1, -0.05) is 25.7 Å². The second kappa shape index (κ2) is 15.9. The number of hydrogen-bond donors (Lipinski definition) is 2. The first kappa shape index (κ1) is 24.0. The van der Waals surface area contributed by atoms with Crippen LogP contribution in [0, 0.1) is 5.92 Å². The van der Waals surface area contributed by atoms with Crippen molar-refractivity contribution in [1.29, 1.82) is 0 Å². The van der Waals surface area contributed by atoms with E-state index in [1.165, 1.54) is 51.4 Å². The van der Waals surface area contributed by atoms with Crippen LogP contribution in [0.15, 0.2) is 4.99 Å². The number of nitrogens with one attached hydrogen (secondary N) is 2. The fourth-order valence-corrected chi connectivity index (χ4v) is 3.23. The lowest BCUT2D eigenvalue weighted by Gasteiger charge is -2.15. The molecule has 5 nitrogen and oxygen atoms in total. The highest BCUT2D eigenvalue weighted by atomic mass is 127. The molecule has 0 bridgehead atoms. The van der Waals surface area contributed by atoms with Gasteiger partial charge in [0.1, 0.15) is 0 Å². The second-order valence-electron chi connectivity index (χ2n) is 7.49. The standard InChI is InChI=1S/C20H39N3O2.HI/c1-21-20(23-14-8-15-24-17-18-11-12-18)22-13-6-7-16-25-19-9-4-2-3-5-10-19;/h18-19H,2-17H2,1H3,(H2,21,22,23);1H. The molecule has 0 aromatic rings. The van der Waals surface area contributed by atoms with E-state index < -0.39 is 0 Å². The first-order valence-electron chi connectivity index (χ1n) is 10.5. The Morgan fingerprint density at radius 1 is 0.885 bits per heavy atom. The van der Waals surface area contributed by atoms with Gasteiger partial charge in [0.2, 0.25) is 0 Å².